The third-order valence-corrected chi connectivity index (χ3v) is 3.64. The van der Waals surface area contributed by atoms with E-state index in [-0.39, 0.29) is 5.84 Å². The van der Waals surface area contributed by atoms with E-state index in [1.807, 2.05) is 0 Å². The van der Waals surface area contributed by atoms with Crippen LogP contribution in [0.15, 0.2) is 17.3 Å². The van der Waals surface area contributed by atoms with Crippen molar-refractivity contribution in [3.05, 3.63) is 27.7 Å². The highest BCUT2D eigenvalue weighted by atomic mass is 35.5. The number of benzene rings is 1. The Hall–Kier alpha value is -1.46. The number of nitrogens with one attached hydrogen (secondary N) is 1. The van der Waals surface area contributed by atoms with Gasteiger partial charge in [-0.05, 0) is 32.4 Å². The highest BCUT2D eigenvalue weighted by molar-refractivity contribution is 6.40. The van der Waals surface area contributed by atoms with Gasteiger partial charge < -0.3 is 16.3 Å². The summed E-state index contributed by atoms with van der Waals surface area (Å²) in [6.45, 7) is 4.84. The summed E-state index contributed by atoms with van der Waals surface area (Å²) in [5.74, 6) is -0.679. The van der Waals surface area contributed by atoms with Crippen LogP contribution in [0, 0.1) is 12.3 Å². The van der Waals surface area contributed by atoms with E-state index in [9.17, 15) is 4.79 Å². The minimum absolute atomic E-state index is 0.204. The summed E-state index contributed by atoms with van der Waals surface area (Å²) in [6.07, 6.45) is 0. The summed E-state index contributed by atoms with van der Waals surface area (Å²) in [7, 11) is 0. The van der Waals surface area contributed by atoms with Gasteiger partial charge in [-0.1, -0.05) is 34.4 Å². The Bertz CT molecular complexity index is 542. The molecule has 104 valence electrons. The zero-order valence-electron chi connectivity index (χ0n) is 10.8. The third-order valence-electron chi connectivity index (χ3n) is 2.84. The van der Waals surface area contributed by atoms with E-state index in [0.717, 1.165) is 5.56 Å². The van der Waals surface area contributed by atoms with Crippen molar-refractivity contribution < 1.29 is 10.0 Å². The fourth-order valence-electron chi connectivity index (χ4n) is 1.28. The number of halogens is 2. The number of oxime groups is 1. The van der Waals surface area contributed by atoms with Gasteiger partial charge in [0, 0.05) is 0 Å². The standard InChI is InChI=1S/C12H15Cl2N3O2/c1-6-4-5-7(13)9(8(6)14)16-11(18)12(2,3)10(15)17-19/h4-5,19H,1-3H3,(H2,15,17)(H,16,18). The van der Waals surface area contributed by atoms with Crippen LogP contribution in [0.2, 0.25) is 10.0 Å². The first-order valence-corrected chi connectivity index (χ1v) is 6.21. The van der Waals surface area contributed by atoms with E-state index in [4.69, 9.17) is 34.1 Å². The van der Waals surface area contributed by atoms with Crippen molar-refractivity contribution in [1.82, 2.24) is 0 Å². The third kappa shape index (κ3) is 3.11. The van der Waals surface area contributed by atoms with Crippen LogP contribution < -0.4 is 11.1 Å². The van der Waals surface area contributed by atoms with Crippen LogP contribution in [0.3, 0.4) is 0 Å². The van der Waals surface area contributed by atoms with Gasteiger partial charge in [0.25, 0.3) is 0 Å². The van der Waals surface area contributed by atoms with Gasteiger partial charge >= 0.3 is 0 Å². The smallest absolute Gasteiger partial charge is 0.237 e. The van der Waals surface area contributed by atoms with Crippen molar-refractivity contribution >= 4 is 40.6 Å². The molecule has 0 aliphatic carbocycles. The average Bonchev–Trinajstić information content (AvgIpc) is 2.37. The topological polar surface area (TPSA) is 87.7 Å². The molecule has 0 atom stereocenters. The van der Waals surface area contributed by atoms with Crippen LogP contribution in [-0.2, 0) is 4.79 Å². The summed E-state index contributed by atoms with van der Waals surface area (Å²) < 4.78 is 0. The van der Waals surface area contributed by atoms with Gasteiger partial charge in [-0.2, -0.15) is 0 Å². The van der Waals surface area contributed by atoms with Gasteiger partial charge in [-0.15, -0.1) is 0 Å². The van der Waals surface area contributed by atoms with E-state index < -0.39 is 11.3 Å². The fraction of sp³-hybridized carbons (Fsp3) is 0.333. The quantitative estimate of drug-likeness (QED) is 0.347. The van der Waals surface area contributed by atoms with Crippen LogP contribution in [0.25, 0.3) is 0 Å². The van der Waals surface area contributed by atoms with E-state index in [1.54, 1.807) is 19.1 Å². The molecule has 19 heavy (non-hydrogen) atoms. The van der Waals surface area contributed by atoms with Gasteiger partial charge in [0.1, 0.15) is 5.41 Å². The highest BCUT2D eigenvalue weighted by Crippen LogP contribution is 2.34. The SMILES string of the molecule is Cc1ccc(Cl)c(NC(=O)C(C)(C)C(N)=NO)c1Cl. The molecule has 7 heteroatoms. The van der Waals surface area contributed by atoms with Crippen molar-refractivity contribution in [3.63, 3.8) is 0 Å². The maximum absolute atomic E-state index is 12.1. The Morgan fingerprint density at radius 2 is 2.00 bits per heavy atom. The van der Waals surface area contributed by atoms with Gasteiger partial charge in [0.2, 0.25) is 5.91 Å². The zero-order chi connectivity index (χ0) is 14.8. The molecule has 0 aliphatic heterocycles. The van der Waals surface area contributed by atoms with E-state index in [2.05, 4.69) is 10.5 Å². The second-order valence-corrected chi connectivity index (χ2v) is 5.40. The number of carbonyl (C=O) groups excluding carboxylic acids is 1. The number of nitrogens with zero attached hydrogens (tertiary/aromatic N) is 1. The zero-order valence-corrected chi connectivity index (χ0v) is 12.3. The molecule has 0 unspecified atom stereocenters. The highest BCUT2D eigenvalue weighted by Gasteiger charge is 2.33. The summed E-state index contributed by atoms with van der Waals surface area (Å²) in [4.78, 5) is 12.1. The molecule has 0 heterocycles. The first-order valence-electron chi connectivity index (χ1n) is 5.46. The number of hydrogen-bond donors (Lipinski definition) is 3. The molecule has 5 nitrogen and oxygen atoms in total. The van der Waals surface area contributed by atoms with Crippen LogP contribution in [0.4, 0.5) is 5.69 Å². The predicted molar refractivity (Wildman–Crippen MR) is 77.0 cm³/mol. The van der Waals surface area contributed by atoms with Gasteiger partial charge in [-0.25, -0.2) is 0 Å². The summed E-state index contributed by atoms with van der Waals surface area (Å²) in [5.41, 5.74) is 5.39. The lowest BCUT2D eigenvalue weighted by Gasteiger charge is -2.22. The number of nitrogens with two attached hydrogens (primary N) is 1. The lowest BCUT2D eigenvalue weighted by molar-refractivity contribution is -0.121. The second kappa shape index (κ2) is 5.67. The molecule has 0 saturated heterocycles. The molecular weight excluding hydrogens is 289 g/mol. The molecule has 0 bridgehead atoms. The Labute approximate surface area is 121 Å². The summed E-state index contributed by atoms with van der Waals surface area (Å²) in [5, 5.41) is 14.8. The van der Waals surface area contributed by atoms with Crippen molar-refractivity contribution in [2.24, 2.45) is 16.3 Å². The molecule has 0 saturated carbocycles. The molecule has 1 aromatic rings. The lowest BCUT2D eigenvalue weighted by Crippen LogP contribution is -2.42. The molecule has 1 rings (SSSR count). The molecule has 1 aromatic carbocycles. The average molecular weight is 304 g/mol. The summed E-state index contributed by atoms with van der Waals surface area (Å²) >= 11 is 12.1. The van der Waals surface area contributed by atoms with Crippen LogP contribution in [-0.4, -0.2) is 17.0 Å². The molecule has 0 aliphatic rings. The van der Waals surface area contributed by atoms with Crippen LogP contribution in [0.5, 0.6) is 0 Å². The van der Waals surface area contributed by atoms with Gasteiger partial charge in [0.15, 0.2) is 5.84 Å². The Morgan fingerprint density at radius 1 is 1.42 bits per heavy atom. The largest absolute Gasteiger partial charge is 0.409 e. The number of anilines is 1. The number of rotatable bonds is 3. The molecule has 0 radical (unpaired) electrons. The summed E-state index contributed by atoms with van der Waals surface area (Å²) in [6, 6.07) is 3.38. The normalized spacial score (nSPS) is 12.4. The first kappa shape index (κ1) is 15.6. The molecular formula is C12H15Cl2N3O2. The second-order valence-electron chi connectivity index (χ2n) is 4.62. The fourth-order valence-corrected chi connectivity index (χ4v) is 1.75. The Balaban J connectivity index is 3.11. The Morgan fingerprint density at radius 3 is 2.53 bits per heavy atom. The molecule has 4 N–H and O–H groups in total. The van der Waals surface area contributed by atoms with E-state index in [1.165, 1.54) is 13.8 Å². The van der Waals surface area contributed by atoms with Crippen molar-refractivity contribution in [2.45, 2.75) is 20.8 Å². The number of amides is 1. The monoisotopic (exact) mass is 303 g/mol. The predicted octanol–water partition coefficient (Wildman–Crippen LogP) is 3.01. The maximum atomic E-state index is 12.1. The maximum Gasteiger partial charge on any atom is 0.237 e. The molecule has 0 fully saturated rings. The lowest BCUT2D eigenvalue weighted by atomic mass is 9.91. The molecule has 1 amide bonds. The number of aryl methyl sites for hydroxylation is 1. The number of amidine groups is 1. The van der Waals surface area contributed by atoms with Crippen LogP contribution >= 0.6 is 23.2 Å². The minimum Gasteiger partial charge on any atom is -0.409 e. The molecule has 0 aromatic heterocycles. The Kier molecular flexibility index (Phi) is 4.66. The van der Waals surface area contributed by atoms with E-state index in [0.29, 0.717) is 15.7 Å². The first-order chi connectivity index (χ1) is 8.71. The van der Waals surface area contributed by atoms with Crippen LogP contribution in [0.1, 0.15) is 19.4 Å². The van der Waals surface area contributed by atoms with Gasteiger partial charge in [-0.3, -0.25) is 4.79 Å². The van der Waals surface area contributed by atoms with E-state index >= 15 is 0 Å². The number of carbonyl (C=O) groups is 1. The minimum atomic E-state index is -1.19. The number of hydrogen-bond acceptors (Lipinski definition) is 3. The van der Waals surface area contributed by atoms with Gasteiger partial charge in [0.05, 0.1) is 15.7 Å². The van der Waals surface area contributed by atoms with Crippen molar-refractivity contribution in [2.75, 3.05) is 5.32 Å². The van der Waals surface area contributed by atoms with Crippen molar-refractivity contribution in [3.8, 4) is 0 Å². The molecule has 0 spiro atoms. The van der Waals surface area contributed by atoms with Crippen molar-refractivity contribution in [1.29, 1.82) is 0 Å².